The van der Waals surface area contributed by atoms with Gasteiger partial charge in [-0.2, -0.15) is 5.26 Å². The molecule has 0 unspecified atom stereocenters. The Kier molecular flexibility index (Phi) is 3.71. The van der Waals surface area contributed by atoms with Crippen LogP contribution in [0.3, 0.4) is 0 Å². The second-order valence-electron chi connectivity index (χ2n) is 3.56. The molecule has 0 bridgehead atoms. The van der Waals surface area contributed by atoms with E-state index in [9.17, 15) is 4.39 Å². The fraction of sp³-hybridized carbons (Fsp3) is 0. The van der Waals surface area contributed by atoms with Gasteiger partial charge >= 0.3 is 0 Å². The van der Waals surface area contributed by atoms with Crippen LogP contribution in [0.15, 0.2) is 36.4 Å². The van der Waals surface area contributed by atoms with Gasteiger partial charge in [0.15, 0.2) is 0 Å². The Hall–Kier alpha value is -1.76. The summed E-state index contributed by atoms with van der Waals surface area (Å²) in [7, 11) is 0. The molecule has 5 heteroatoms. The van der Waals surface area contributed by atoms with Crippen LogP contribution < -0.4 is 5.32 Å². The number of benzene rings is 2. The lowest BCUT2D eigenvalue weighted by Crippen LogP contribution is -1.95. The Morgan fingerprint density at radius 2 is 1.83 bits per heavy atom. The van der Waals surface area contributed by atoms with Crippen LogP contribution in [0.5, 0.6) is 0 Å². The van der Waals surface area contributed by atoms with Gasteiger partial charge in [0.1, 0.15) is 5.82 Å². The zero-order chi connectivity index (χ0) is 13.1. The molecule has 0 atom stereocenters. The number of rotatable bonds is 2. The van der Waals surface area contributed by atoms with E-state index in [0.717, 1.165) is 6.07 Å². The summed E-state index contributed by atoms with van der Waals surface area (Å²) < 4.78 is 13.7. The maximum absolute atomic E-state index is 13.7. The van der Waals surface area contributed by atoms with E-state index in [0.29, 0.717) is 15.7 Å². The van der Waals surface area contributed by atoms with Crippen LogP contribution in [0.4, 0.5) is 15.8 Å². The first-order valence-corrected chi connectivity index (χ1v) is 5.77. The highest BCUT2D eigenvalue weighted by Crippen LogP contribution is 2.29. The van der Waals surface area contributed by atoms with E-state index in [4.69, 9.17) is 28.5 Å². The van der Waals surface area contributed by atoms with E-state index in [-0.39, 0.29) is 11.3 Å². The fourth-order valence-corrected chi connectivity index (χ4v) is 1.76. The SMILES string of the molecule is N#Cc1ccc(Nc2cc(Cl)ccc2Cl)c(F)c1. The largest absolute Gasteiger partial charge is 0.352 e. The predicted molar refractivity (Wildman–Crippen MR) is 70.9 cm³/mol. The lowest BCUT2D eigenvalue weighted by molar-refractivity contribution is 0.631. The Balaban J connectivity index is 2.34. The zero-order valence-electron chi connectivity index (χ0n) is 9.05. The molecule has 0 amide bonds. The lowest BCUT2D eigenvalue weighted by atomic mass is 10.2. The number of hydrogen-bond acceptors (Lipinski definition) is 2. The van der Waals surface area contributed by atoms with Crippen molar-refractivity contribution >= 4 is 34.6 Å². The van der Waals surface area contributed by atoms with Gasteiger partial charge in [-0.05, 0) is 36.4 Å². The third-order valence-corrected chi connectivity index (χ3v) is 2.86. The molecule has 0 spiro atoms. The van der Waals surface area contributed by atoms with E-state index < -0.39 is 5.82 Å². The molecule has 0 aliphatic heterocycles. The molecule has 0 aromatic heterocycles. The molecule has 0 fully saturated rings. The Bertz CT molecular complexity index is 635. The summed E-state index contributed by atoms with van der Waals surface area (Å²) >= 11 is 11.8. The monoisotopic (exact) mass is 280 g/mol. The summed E-state index contributed by atoms with van der Waals surface area (Å²) in [5.41, 5.74) is 1.00. The quantitative estimate of drug-likeness (QED) is 0.862. The Labute approximate surface area is 114 Å². The molecule has 2 rings (SSSR count). The van der Waals surface area contributed by atoms with Crippen LogP contribution in [0.2, 0.25) is 10.0 Å². The maximum atomic E-state index is 13.7. The molecule has 0 saturated heterocycles. The second-order valence-corrected chi connectivity index (χ2v) is 4.40. The number of nitrogens with one attached hydrogen (secondary N) is 1. The lowest BCUT2D eigenvalue weighted by Gasteiger charge is -2.09. The smallest absolute Gasteiger partial charge is 0.147 e. The van der Waals surface area contributed by atoms with Gasteiger partial charge in [0.2, 0.25) is 0 Å². The van der Waals surface area contributed by atoms with Crippen LogP contribution >= 0.6 is 23.2 Å². The molecule has 0 heterocycles. The average molecular weight is 281 g/mol. The van der Waals surface area contributed by atoms with Crippen LogP contribution in [0, 0.1) is 17.1 Å². The van der Waals surface area contributed by atoms with Gasteiger partial charge in [0, 0.05) is 5.02 Å². The summed E-state index contributed by atoms with van der Waals surface area (Å²) in [6.45, 7) is 0. The first-order valence-electron chi connectivity index (χ1n) is 5.02. The third-order valence-electron chi connectivity index (χ3n) is 2.30. The maximum Gasteiger partial charge on any atom is 0.147 e. The molecular weight excluding hydrogens is 274 g/mol. The molecule has 18 heavy (non-hydrogen) atoms. The van der Waals surface area contributed by atoms with Crippen molar-refractivity contribution in [3.05, 3.63) is 57.8 Å². The van der Waals surface area contributed by atoms with Gasteiger partial charge in [-0.1, -0.05) is 23.2 Å². The van der Waals surface area contributed by atoms with E-state index >= 15 is 0 Å². The minimum Gasteiger partial charge on any atom is -0.352 e. The molecule has 0 aliphatic carbocycles. The van der Waals surface area contributed by atoms with E-state index in [1.54, 1.807) is 18.2 Å². The molecule has 2 aromatic rings. The molecule has 2 aromatic carbocycles. The number of anilines is 2. The molecule has 90 valence electrons. The van der Waals surface area contributed by atoms with Crippen molar-refractivity contribution in [2.24, 2.45) is 0 Å². The topological polar surface area (TPSA) is 35.8 Å². The predicted octanol–water partition coefficient (Wildman–Crippen LogP) is 4.75. The second kappa shape index (κ2) is 5.26. The number of hydrogen-bond donors (Lipinski definition) is 1. The van der Waals surface area contributed by atoms with E-state index in [1.807, 2.05) is 6.07 Å². The molecule has 0 radical (unpaired) electrons. The highest BCUT2D eigenvalue weighted by molar-refractivity contribution is 6.35. The van der Waals surface area contributed by atoms with Crippen molar-refractivity contribution in [2.45, 2.75) is 0 Å². The van der Waals surface area contributed by atoms with Gasteiger partial charge in [0.25, 0.3) is 0 Å². The number of halogens is 3. The van der Waals surface area contributed by atoms with Crippen LogP contribution in [0.25, 0.3) is 0 Å². The zero-order valence-corrected chi connectivity index (χ0v) is 10.6. The fourth-order valence-electron chi connectivity index (χ4n) is 1.42. The van der Waals surface area contributed by atoms with Crippen molar-refractivity contribution in [1.29, 1.82) is 5.26 Å². The summed E-state index contributed by atoms with van der Waals surface area (Å²) in [6, 6.07) is 10.9. The first-order chi connectivity index (χ1) is 8.60. The van der Waals surface area contributed by atoms with Crippen LogP contribution in [-0.2, 0) is 0 Å². The van der Waals surface area contributed by atoms with Crippen molar-refractivity contribution < 1.29 is 4.39 Å². The summed E-state index contributed by atoms with van der Waals surface area (Å²) in [6.07, 6.45) is 0. The minimum absolute atomic E-state index is 0.234. The minimum atomic E-state index is -0.523. The van der Waals surface area contributed by atoms with Crippen LogP contribution in [0.1, 0.15) is 5.56 Å². The molecule has 0 saturated carbocycles. The van der Waals surface area contributed by atoms with Gasteiger partial charge in [0.05, 0.1) is 28.0 Å². The van der Waals surface area contributed by atoms with Gasteiger partial charge in [-0.25, -0.2) is 4.39 Å². The summed E-state index contributed by atoms with van der Waals surface area (Å²) in [4.78, 5) is 0. The van der Waals surface area contributed by atoms with Gasteiger partial charge < -0.3 is 5.32 Å². The molecule has 2 nitrogen and oxygen atoms in total. The number of nitrogens with zero attached hydrogens (tertiary/aromatic N) is 1. The Morgan fingerprint density at radius 3 is 2.50 bits per heavy atom. The molecule has 0 aliphatic rings. The number of nitriles is 1. The van der Waals surface area contributed by atoms with Crippen molar-refractivity contribution in [2.75, 3.05) is 5.32 Å². The standard InChI is InChI=1S/C13H7Cl2FN2/c14-9-2-3-10(15)13(6-9)18-12-4-1-8(7-17)5-11(12)16/h1-6,18H. The molecular formula is C13H7Cl2FN2. The normalized spacial score (nSPS) is 9.89. The average Bonchev–Trinajstić information content (AvgIpc) is 2.36. The first kappa shape index (κ1) is 12.7. The van der Waals surface area contributed by atoms with E-state index in [2.05, 4.69) is 5.32 Å². The molecule has 1 N–H and O–H groups in total. The highest BCUT2D eigenvalue weighted by Gasteiger charge is 2.06. The Morgan fingerprint density at radius 1 is 1.06 bits per heavy atom. The van der Waals surface area contributed by atoms with Crippen molar-refractivity contribution in [1.82, 2.24) is 0 Å². The van der Waals surface area contributed by atoms with Gasteiger partial charge in [-0.3, -0.25) is 0 Å². The highest BCUT2D eigenvalue weighted by atomic mass is 35.5. The van der Waals surface area contributed by atoms with Crippen LogP contribution in [-0.4, -0.2) is 0 Å². The van der Waals surface area contributed by atoms with E-state index in [1.165, 1.54) is 12.1 Å². The van der Waals surface area contributed by atoms with Crippen molar-refractivity contribution in [3.63, 3.8) is 0 Å². The van der Waals surface area contributed by atoms with Gasteiger partial charge in [-0.15, -0.1) is 0 Å². The summed E-state index contributed by atoms with van der Waals surface area (Å²) in [5.74, 6) is -0.523. The summed E-state index contributed by atoms with van der Waals surface area (Å²) in [5, 5.41) is 12.4. The third kappa shape index (κ3) is 2.73. The van der Waals surface area contributed by atoms with Crippen molar-refractivity contribution in [3.8, 4) is 6.07 Å².